The van der Waals surface area contributed by atoms with E-state index in [2.05, 4.69) is 10.4 Å². The molecule has 2 aromatic rings. The number of anilines is 1. The average molecular weight is 389 g/mol. The van der Waals surface area contributed by atoms with Crippen LogP contribution >= 0.6 is 34.8 Å². The zero-order chi connectivity index (χ0) is 17.3. The highest BCUT2D eigenvalue weighted by atomic mass is 35.5. The summed E-state index contributed by atoms with van der Waals surface area (Å²) < 4.78 is 6.52. The van der Waals surface area contributed by atoms with E-state index in [1.807, 2.05) is 0 Å². The minimum atomic E-state index is -0.438. The van der Waals surface area contributed by atoms with Crippen molar-refractivity contribution in [2.24, 2.45) is 0 Å². The molecule has 1 N–H and O–H groups in total. The van der Waals surface area contributed by atoms with Crippen LogP contribution in [0.5, 0.6) is 0 Å². The molecule has 5 nitrogen and oxygen atoms in total. The van der Waals surface area contributed by atoms with Crippen LogP contribution in [0.15, 0.2) is 29.2 Å². The van der Waals surface area contributed by atoms with E-state index in [4.69, 9.17) is 39.5 Å². The Morgan fingerprint density at radius 1 is 1.29 bits per heavy atom. The normalized spacial score (nSPS) is 20.3. The second-order valence-corrected chi connectivity index (χ2v) is 6.92. The molecule has 0 spiro atoms. The third kappa shape index (κ3) is 3.54. The summed E-state index contributed by atoms with van der Waals surface area (Å²) in [5.41, 5.74) is 0.511. The lowest BCUT2D eigenvalue weighted by atomic mass is 10.2. The first-order valence-corrected chi connectivity index (χ1v) is 8.65. The van der Waals surface area contributed by atoms with E-state index in [1.165, 1.54) is 10.9 Å². The highest BCUT2D eigenvalue weighted by Gasteiger charge is 2.25. The molecule has 24 heavy (non-hydrogen) atoms. The number of nitrogens with zero attached hydrogens (tertiary/aromatic N) is 2. The SMILES string of the molecule is COC1CCC(Nc2cnn(-c3ccc(Cl)cc3Cl)c(=O)c2Cl)C1. The molecule has 1 aromatic carbocycles. The number of ether oxygens (including phenoxy) is 1. The number of rotatable bonds is 4. The fourth-order valence-electron chi connectivity index (χ4n) is 2.86. The first-order valence-electron chi connectivity index (χ1n) is 7.52. The minimum Gasteiger partial charge on any atom is -0.381 e. The summed E-state index contributed by atoms with van der Waals surface area (Å²) in [6, 6.07) is 5.03. The van der Waals surface area contributed by atoms with Crippen LogP contribution in [0.4, 0.5) is 5.69 Å². The van der Waals surface area contributed by atoms with Gasteiger partial charge in [-0.3, -0.25) is 4.79 Å². The average Bonchev–Trinajstić information content (AvgIpc) is 3.01. The van der Waals surface area contributed by atoms with Crippen molar-refractivity contribution >= 4 is 40.5 Å². The van der Waals surface area contributed by atoms with Crippen molar-refractivity contribution in [3.63, 3.8) is 0 Å². The third-order valence-electron chi connectivity index (χ3n) is 4.13. The van der Waals surface area contributed by atoms with Crippen LogP contribution in [0, 0.1) is 0 Å². The zero-order valence-electron chi connectivity index (χ0n) is 12.9. The lowest BCUT2D eigenvalue weighted by molar-refractivity contribution is 0.108. The molecule has 0 aliphatic heterocycles. The van der Waals surface area contributed by atoms with E-state index in [1.54, 1.807) is 25.3 Å². The van der Waals surface area contributed by atoms with Crippen molar-refractivity contribution in [1.82, 2.24) is 9.78 Å². The fourth-order valence-corrected chi connectivity index (χ4v) is 3.54. The summed E-state index contributed by atoms with van der Waals surface area (Å²) in [7, 11) is 1.71. The number of benzene rings is 1. The number of halogens is 3. The summed E-state index contributed by atoms with van der Waals surface area (Å²) >= 11 is 18.3. The van der Waals surface area contributed by atoms with E-state index in [-0.39, 0.29) is 17.2 Å². The van der Waals surface area contributed by atoms with Crippen molar-refractivity contribution in [3.05, 3.63) is 49.8 Å². The predicted octanol–water partition coefficient (Wildman–Crippen LogP) is 4.17. The molecule has 1 aromatic heterocycles. The van der Waals surface area contributed by atoms with Crippen LogP contribution in [0.25, 0.3) is 5.69 Å². The Kier molecular flexibility index (Phi) is 5.35. The van der Waals surface area contributed by atoms with E-state index in [9.17, 15) is 4.79 Å². The second-order valence-electron chi connectivity index (χ2n) is 5.70. The molecule has 1 saturated carbocycles. The maximum absolute atomic E-state index is 12.5. The summed E-state index contributed by atoms with van der Waals surface area (Å²) in [4.78, 5) is 12.5. The van der Waals surface area contributed by atoms with Crippen molar-refractivity contribution < 1.29 is 4.74 Å². The lowest BCUT2D eigenvalue weighted by Crippen LogP contribution is -2.25. The molecule has 0 bridgehead atoms. The van der Waals surface area contributed by atoms with E-state index >= 15 is 0 Å². The van der Waals surface area contributed by atoms with Crippen molar-refractivity contribution in [2.75, 3.05) is 12.4 Å². The maximum atomic E-state index is 12.5. The van der Waals surface area contributed by atoms with Crippen LogP contribution in [0.1, 0.15) is 19.3 Å². The van der Waals surface area contributed by atoms with Crippen LogP contribution in [0.2, 0.25) is 15.1 Å². The topological polar surface area (TPSA) is 56.1 Å². The summed E-state index contributed by atoms with van der Waals surface area (Å²) in [6.45, 7) is 0. The standard InChI is InChI=1S/C16H16Cl3N3O2/c1-24-11-4-3-10(7-11)21-13-8-20-22(16(23)15(13)19)14-5-2-9(17)6-12(14)18/h2,5-6,8,10-11,21H,3-4,7H2,1H3. The Hall–Kier alpha value is -1.27. The molecule has 1 heterocycles. The maximum Gasteiger partial charge on any atom is 0.292 e. The van der Waals surface area contributed by atoms with Gasteiger partial charge >= 0.3 is 0 Å². The molecule has 0 radical (unpaired) electrons. The summed E-state index contributed by atoms with van der Waals surface area (Å²) in [5.74, 6) is 0. The van der Waals surface area contributed by atoms with Gasteiger partial charge in [0.1, 0.15) is 5.02 Å². The number of aromatic nitrogens is 2. The van der Waals surface area contributed by atoms with Gasteiger partial charge in [0.15, 0.2) is 0 Å². The van der Waals surface area contributed by atoms with Crippen LogP contribution in [-0.2, 0) is 4.74 Å². The Labute approximate surface area is 154 Å². The van der Waals surface area contributed by atoms with Crippen LogP contribution in [0.3, 0.4) is 0 Å². The summed E-state index contributed by atoms with van der Waals surface area (Å²) in [6.07, 6.45) is 4.59. The minimum absolute atomic E-state index is 0.0804. The molecular formula is C16H16Cl3N3O2. The first-order chi connectivity index (χ1) is 11.5. The molecule has 8 heteroatoms. The van der Waals surface area contributed by atoms with Gasteiger partial charge in [0.2, 0.25) is 0 Å². The zero-order valence-corrected chi connectivity index (χ0v) is 15.2. The fraction of sp³-hybridized carbons (Fsp3) is 0.375. The van der Waals surface area contributed by atoms with Gasteiger partial charge in [0.25, 0.3) is 5.56 Å². The van der Waals surface area contributed by atoms with E-state index in [0.717, 1.165) is 19.3 Å². The van der Waals surface area contributed by atoms with Crippen molar-refractivity contribution in [3.8, 4) is 5.69 Å². The van der Waals surface area contributed by atoms with Gasteiger partial charge in [-0.1, -0.05) is 34.8 Å². The van der Waals surface area contributed by atoms with Crippen molar-refractivity contribution in [2.45, 2.75) is 31.4 Å². The van der Waals surface area contributed by atoms with Crippen molar-refractivity contribution in [1.29, 1.82) is 0 Å². The number of methoxy groups -OCH3 is 1. The monoisotopic (exact) mass is 387 g/mol. The van der Waals surface area contributed by atoms with Gasteiger partial charge in [-0.2, -0.15) is 9.78 Å². The highest BCUT2D eigenvalue weighted by Crippen LogP contribution is 2.28. The molecule has 1 aliphatic rings. The van der Waals surface area contributed by atoms with Gasteiger partial charge < -0.3 is 10.1 Å². The van der Waals surface area contributed by atoms with Gasteiger partial charge in [-0.25, -0.2) is 0 Å². The molecule has 1 fully saturated rings. The van der Waals surface area contributed by atoms with Crippen LogP contribution < -0.4 is 10.9 Å². The molecule has 2 unspecified atom stereocenters. The molecule has 128 valence electrons. The lowest BCUT2D eigenvalue weighted by Gasteiger charge is -2.16. The Balaban J connectivity index is 1.88. The Morgan fingerprint density at radius 2 is 2.08 bits per heavy atom. The Bertz CT molecular complexity index is 810. The quantitative estimate of drug-likeness (QED) is 0.854. The van der Waals surface area contributed by atoms with E-state index in [0.29, 0.717) is 21.4 Å². The van der Waals surface area contributed by atoms with Gasteiger partial charge in [0, 0.05) is 18.2 Å². The molecule has 1 aliphatic carbocycles. The summed E-state index contributed by atoms with van der Waals surface area (Å²) in [5, 5.41) is 8.34. The molecule has 0 amide bonds. The van der Waals surface area contributed by atoms with Gasteiger partial charge in [0.05, 0.1) is 28.7 Å². The highest BCUT2D eigenvalue weighted by molar-refractivity contribution is 6.36. The number of hydrogen-bond donors (Lipinski definition) is 1. The molecule has 3 rings (SSSR count). The number of hydrogen-bond acceptors (Lipinski definition) is 4. The largest absolute Gasteiger partial charge is 0.381 e. The smallest absolute Gasteiger partial charge is 0.292 e. The van der Waals surface area contributed by atoms with E-state index < -0.39 is 5.56 Å². The first kappa shape index (κ1) is 17.5. The van der Waals surface area contributed by atoms with Gasteiger partial charge in [-0.05, 0) is 37.5 Å². The molecule has 0 saturated heterocycles. The molecule has 2 atom stereocenters. The second kappa shape index (κ2) is 7.31. The number of nitrogens with one attached hydrogen (secondary N) is 1. The van der Waals surface area contributed by atoms with Gasteiger partial charge in [-0.15, -0.1) is 0 Å². The molecular weight excluding hydrogens is 373 g/mol. The Morgan fingerprint density at radius 3 is 2.75 bits per heavy atom. The van der Waals surface area contributed by atoms with Crippen LogP contribution in [-0.4, -0.2) is 29.0 Å². The third-order valence-corrected chi connectivity index (χ3v) is 5.04. The predicted molar refractivity (Wildman–Crippen MR) is 96.9 cm³/mol.